The number of likely N-dealkylation sites (tertiary alicyclic amines) is 2. The number of para-hydroxylation sites is 1. The molecule has 2 aliphatic carbocycles. The third kappa shape index (κ3) is 11.1. The maximum Gasteiger partial charge on any atom is 0.246 e. The molecule has 2 aromatic heterocycles. The SMILES string of the molecule is C#Cc1ccc(CNC(=O)[C@@H]2C[C@@H](O)CN2C(=O)[C@@H](NC(=O)C2CCC3(CC2)CC(N2CCC(c4ccc(N5CCN(c6cc(-c7ccccc7O)nnc6NCC)CC5)nc4)CC2)C3)C(C)(C)C)cc1. The Labute approximate surface area is 419 Å². The first kappa shape index (κ1) is 49.7. The minimum atomic E-state index is -0.837. The molecule has 0 unspecified atom stereocenters. The molecule has 3 saturated heterocycles. The number of hydrogen-bond acceptors (Lipinski definition) is 12. The molecule has 3 aliphatic heterocycles. The molecule has 3 amide bonds. The quantitative estimate of drug-likeness (QED) is 0.0945. The highest BCUT2D eigenvalue weighted by molar-refractivity contribution is 5.93. The molecule has 3 atom stereocenters. The summed E-state index contributed by atoms with van der Waals surface area (Å²) in [5, 5.41) is 39.5. The number of aliphatic hydroxyl groups excluding tert-OH is 1. The number of carbonyl (C=O) groups is 3. The van der Waals surface area contributed by atoms with Gasteiger partial charge in [-0.05, 0) is 136 Å². The van der Waals surface area contributed by atoms with E-state index in [0.717, 1.165) is 113 Å². The number of nitrogens with zero attached hydrogens (tertiary/aromatic N) is 7. The molecule has 5 aliphatic rings. The van der Waals surface area contributed by atoms with Crippen molar-refractivity contribution < 1.29 is 24.6 Å². The molecule has 15 heteroatoms. The third-order valence-corrected chi connectivity index (χ3v) is 16.1. The number of phenolic OH excluding ortho intramolecular Hbond substituents is 1. The number of piperazine rings is 1. The molecule has 0 radical (unpaired) electrons. The molecule has 5 heterocycles. The topological polar surface area (TPSA) is 179 Å². The Morgan fingerprint density at radius 2 is 1.59 bits per heavy atom. The van der Waals surface area contributed by atoms with Crippen LogP contribution in [0.4, 0.5) is 17.3 Å². The minimum absolute atomic E-state index is 0.0438. The maximum atomic E-state index is 14.2. The Balaban J connectivity index is 0.713. The van der Waals surface area contributed by atoms with Gasteiger partial charge in [0.15, 0.2) is 5.82 Å². The first-order valence-electron chi connectivity index (χ1n) is 25.9. The van der Waals surface area contributed by atoms with Crippen LogP contribution in [0.15, 0.2) is 72.9 Å². The van der Waals surface area contributed by atoms with Crippen LogP contribution in [0.3, 0.4) is 0 Å². The molecular weight excluding hydrogens is 893 g/mol. The molecule has 15 nitrogen and oxygen atoms in total. The third-order valence-electron chi connectivity index (χ3n) is 16.1. The number of rotatable bonds is 13. The monoisotopic (exact) mass is 965 g/mol. The molecule has 71 heavy (non-hydrogen) atoms. The van der Waals surface area contributed by atoms with E-state index in [0.29, 0.717) is 23.2 Å². The predicted molar refractivity (Wildman–Crippen MR) is 277 cm³/mol. The average Bonchev–Trinajstić information content (AvgIpc) is 3.78. The van der Waals surface area contributed by atoms with Crippen LogP contribution in [0.25, 0.3) is 11.3 Å². The Kier molecular flexibility index (Phi) is 14.9. The molecule has 5 fully saturated rings. The van der Waals surface area contributed by atoms with E-state index in [9.17, 15) is 24.6 Å². The molecule has 5 N–H and O–H groups in total. The molecular formula is C56H72N10O5. The number of piperidine rings is 1. The van der Waals surface area contributed by atoms with Crippen molar-refractivity contribution in [3.63, 3.8) is 0 Å². The lowest BCUT2D eigenvalue weighted by Gasteiger charge is -2.55. The Hall–Kier alpha value is -6.24. The highest BCUT2D eigenvalue weighted by Gasteiger charge is 2.50. The summed E-state index contributed by atoms with van der Waals surface area (Å²) in [5.41, 5.74) is 4.93. The fourth-order valence-corrected chi connectivity index (χ4v) is 11.8. The summed E-state index contributed by atoms with van der Waals surface area (Å²) in [5.74, 6) is 4.12. The van der Waals surface area contributed by atoms with Crippen molar-refractivity contribution in [2.75, 3.05) is 67.5 Å². The number of aromatic hydroxyl groups is 1. The summed E-state index contributed by atoms with van der Waals surface area (Å²) < 4.78 is 0. The van der Waals surface area contributed by atoms with Gasteiger partial charge in [0.05, 0.1) is 17.5 Å². The van der Waals surface area contributed by atoms with Crippen LogP contribution in [0.1, 0.15) is 108 Å². The zero-order valence-electron chi connectivity index (χ0n) is 41.9. The highest BCUT2D eigenvalue weighted by atomic mass is 16.3. The van der Waals surface area contributed by atoms with E-state index >= 15 is 0 Å². The molecule has 1 spiro atoms. The van der Waals surface area contributed by atoms with Crippen molar-refractivity contribution in [1.29, 1.82) is 0 Å². The fourth-order valence-electron chi connectivity index (χ4n) is 11.8. The van der Waals surface area contributed by atoms with Crippen LogP contribution in [-0.4, -0.2) is 130 Å². The van der Waals surface area contributed by atoms with Crippen molar-refractivity contribution in [2.24, 2.45) is 16.7 Å². The van der Waals surface area contributed by atoms with Gasteiger partial charge in [-0.15, -0.1) is 16.6 Å². The molecule has 0 bridgehead atoms. The number of amides is 3. The van der Waals surface area contributed by atoms with Crippen LogP contribution < -0.4 is 25.8 Å². The van der Waals surface area contributed by atoms with Crippen LogP contribution in [0, 0.1) is 29.1 Å². The minimum Gasteiger partial charge on any atom is -0.507 e. The van der Waals surface area contributed by atoms with Gasteiger partial charge in [0.25, 0.3) is 0 Å². The van der Waals surface area contributed by atoms with Crippen molar-refractivity contribution >= 4 is 35.0 Å². The summed E-state index contributed by atoms with van der Waals surface area (Å²) >= 11 is 0. The van der Waals surface area contributed by atoms with E-state index in [2.05, 4.69) is 65.1 Å². The first-order valence-corrected chi connectivity index (χ1v) is 25.9. The molecule has 4 aromatic rings. The average molecular weight is 965 g/mol. The second-order valence-electron chi connectivity index (χ2n) is 21.8. The lowest BCUT2D eigenvalue weighted by Crippen LogP contribution is -2.59. The van der Waals surface area contributed by atoms with E-state index in [1.807, 2.05) is 70.2 Å². The Bertz CT molecular complexity index is 2540. The van der Waals surface area contributed by atoms with Gasteiger partial charge in [-0.3, -0.25) is 14.4 Å². The largest absolute Gasteiger partial charge is 0.507 e. The van der Waals surface area contributed by atoms with Crippen LogP contribution in [0.2, 0.25) is 0 Å². The number of benzene rings is 2. The number of aliphatic hydroxyl groups is 1. The standard InChI is InChI=1S/C56H72N10O5/c1-6-37-12-14-38(15-13-37)34-59-53(70)47-30-43(67)36-66(47)54(71)50(55(3,4)5)60-52(69)40-18-22-56(23-19-40)32-42(33-56)63-24-20-39(21-25-63)41-16-17-49(58-35-41)65-28-26-64(27-29-65)46-31-45(61-62-51(46)57-7-2)44-10-8-9-11-48(44)68/h1,8-17,31,35,39-40,42-43,47,50,67-68H,7,18-30,32-34,36H2,2-5H3,(H,57,62)(H,59,70)(H,60,69)/t40?,42?,43-,47+,50-,56?/m1/s1. The van der Waals surface area contributed by atoms with Crippen molar-refractivity contribution in [3.05, 3.63) is 89.6 Å². The molecule has 9 rings (SSSR count). The van der Waals surface area contributed by atoms with Gasteiger partial charge < -0.3 is 45.8 Å². The molecule has 376 valence electrons. The van der Waals surface area contributed by atoms with Gasteiger partial charge in [0, 0.05) is 81.5 Å². The second-order valence-corrected chi connectivity index (χ2v) is 21.8. The fraction of sp³-hybridized carbons (Fsp3) is 0.536. The Morgan fingerprint density at radius 3 is 2.24 bits per heavy atom. The summed E-state index contributed by atoms with van der Waals surface area (Å²) in [7, 11) is 0. The van der Waals surface area contributed by atoms with Crippen molar-refractivity contribution in [2.45, 2.75) is 122 Å². The second kappa shape index (κ2) is 21.2. The number of pyridine rings is 1. The number of carbonyl (C=O) groups excluding carboxylic acids is 3. The predicted octanol–water partition coefficient (Wildman–Crippen LogP) is 6.31. The normalized spacial score (nSPS) is 24.5. The van der Waals surface area contributed by atoms with Gasteiger partial charge in [-0.25, -0.2) is 4.98 Å². The van der Waals surface area contributed by atoms with E-state index in [1.165, 1.54) is 23.3 Å². The number of terminal acetylenes is 1. The number of phenols is 1. The van der Waals surface area contributed by atoms with E-state index in [-0.39, 0.29) is 54.3 Å². The van der Waals surface area contributed by atoms with Crippen molar-refractivity contribution in [1.82, 2.24) is 35.6 Å². The molecule has 2 aromatic carbocycles. The van der Waals surface area contributed by atoms with Gasteiger partial charge in [-0.2, -0.15) is 0 Å². The zero-order valence-corrected chi connectivity index (χ0v) is 41.9. The highest BCUT2D eigenvalue weighted by Crippen LogP contribution is 2.55. The number of β-amino-alcohol motifs (C(OH)–C–C–N with tert-alkyl or cyclic N) is 1. The zero-order chi connectivity index (χ0) is 49.9. The number of aromatic nitrogens is 3. The first-order chi connectivity index (χ1) is 34.2. The van der Waals surface area contributed by atoms with E-state index < -0.39 is 23.6 Å². The Morgan fingerprint density at radius 1 is 0.887 bits per heavy atom. The van der Waals surface area contributed by atoms with E-state index in [4.69, 9.17) is 11.4 Å². The summed E-state index contributed by atoms with van der Waals surface area (Å²) in [4.78, 5) is 55.4. The molecule has 2 saturated carbocycles. The number of anilines is 3. The van der Waals surface area contributed by atoms with Crippen LogP contribution in [0.5, 0.6) is 5.75 Å². The lowest BCUT2D eigenvalue weighted by molar-refractivity contribution is -0.145. The number of hydrogen-bond donors (Lipinski definition) is 5. The van der Waals surface area contributed by atoms with Crippen molar-refractivity contribution in [3.8, 4) is 29.4 Å². The van der Waals surface area contributed by atoms with E-state index in [1.54, 1.807) is 12.1 Å². The summed E-state index contributed by atoms with van der Waals surface area (Å²) in [6.45, 7) is 14.4. The lowest BCUT2D eigenvalue weighted by atomic mass is 9.56. The van der Waals surface area contributed by atoms with Gasteiger partial charge in [0.2, 0.25) is 17.7 Å². The van der Waals surface area contributed by atoms with Crippen LogP contribution in [-0.2, 0) is 20.9 Å². The van der Waals surface area contributed by atoms with Crippen LogP contribution >= 0.6 is 0 Å². The smallest absolute Gasteiger partial charge is 0.246 e. The summed E-state index contributed by atoms with van der Waals surface area (Å²) in [6.07, 6.45) is 15.2. The number of nitrogens with one attached hydrogen (secondary N) is 3. The maximum absolute atomic E-state index is 14.2. The van der Waals surface area contributed by atoms with Gasteiger partial charge in [0.1, 0.15) is 23.7 Å². The summed E-state index contributed by atoms with van der Waals surface area (Å²) in [6, 6.07) is 20.0. The van der Waals surface area contributed by atoms with Gasteiger partial charge >= 0.3 is 0 Å². The van der Waals surface area contributed by atoms with Gasteiger partial charge in [-0.1, -0.05) is 57.0 Å².